The average molecular weight is 353 g/mol. The summed E-state index contributed by atoms with van der Waals surface area (Å²) in [6.07, 6.45) is 9.16. The number of nitrogens with one attached hydrogen (secondary N) is 2. The molecule has 1 unspecified atom stereocenters. The molecule has 26 heavy (non-hydrogen) atoms. The van der Waals surface area contributed by atoms with Crippen LogP contribution in [0.2, 0.25) is 0 Å². The summed E-state index contributed by atoms with van der Waals surface area (Å²) in [5.41, 5.74) is 3.86. The Morgan fingerprint density at radius 3 is 2.96 bits per heavy atom. The van der Waals surface area contributed by atoms with Gasteiger partial charge in [0.2, 0.25) is 0 Å². The van der Waals surface area contributed by atoms with E-state index in [1.54, 1.807) is 6.20 Å². The Morgan fingerprint density at radius 1 is 1.15 bits per heavy atom. The zero-order valence-corrected chi connectivity index (χ0v) is 15.2. The van der Waals surface area contributed by atoms with E-state index in [1.807, 2.05) is 23.1 Å². The number of fused-ring (bicyclic) bond motifs is 1. The van der Waals surface area contributed by atoms with Gasteiger partial charge in [-0.15, -0.1) is 0 Å². The number of carbonyl (C=O) groups excluding carboxylic acids is 1. The summed E-state index contributed by atoms with van der Waals surface area (Å²) in [6.45, 7) is 2.53. The van der Waals surface area contributed by atoms with Gasteiger partial charge in [0, 0.05) is 23.5 Å². The van der Waals surface area contributed by atoms with Crippen LogP contribution in [0.15, 0.2) is 24.4 Å². The van der Waals surface area contributed by atoms with Gasteiger partial charge in [0.15, 0.2) is 5.69 Å². The van der Waals surface area contributed by atoms with E-state index in [2.05, 4.69) is 20.5 Å². The fourth-order valence-corrected chi connectivity index (χ4v) is 4.14. The molecule has 0 spiro atoms. The van der Waals surface area contributed by atoms with E-state index in [-0.39, 0.29) is 11.9 Å². The molecule has 1 aliphatic carbocycles. The Hall–Kier alpha value is -2.21. The Balaban J connectivity index is 1.62. The van der Waals surface area contributed by atoms with E-state index in [0.717, 1.165) is 68.6 Å². The monoisotopic (exact) mass is 353 g/mol. The molecule has 0 bridgehead atoms. The number of aromatic amines is 1. The van der Waals surface area contributed by atoms with Crippen molar-refractivity contribution in [2.75, 3.05) is 13.1 Å². The lowest BCUT2D eigenvalue weighted by atomic mass is 9.95. The number of rotatable bonds is 4. The van der Waals surface area contributed by atoms with Crippen LogP contribution in [0.5, 0.6) is 0 Å². The van der Waals surface area contributed by atoms with Crippen molar-refractivity contribution in [2.24, 2.45) is 0 Å². The van der Waals surface area contributed by atoms with Gasteiger partial charge in [-0.1, -0.05) is 6.07 Å². The summed E-state index contributed by atoms with van der Waals surface area (Å²) in [5.74, 6) is 0.0574. The highest BCUT2D eigenvalue weighted by Crippen LogP contribution is 2.25. The summed E-state index contributed by atoms with van der Waals surface area (Å²) in [7, 11) is 0. The molecule has 1 atom stereocenters. The van der Waals surface area contributed by atoms with Gasteiger partial charge in [0.05, 0.1) is 12.2 Å². The van der Waals surface area contributed by atoms with Crippen LogP contribution in [-0.2, 0) is 19.4 Å². The second-order valence-electron chi connectivity index (χ2n) is 7.33. The fraction of sp³-hybridized carbons (Fsp3) is 0.550. The predicted molar refractivity (Wildman–Crippen MR) is 99.8 cm³/mol. The molecule has 138 valence electrons. The number of pyridine rings is 1. The van der Waals surface area contributed by atoms with Crippen molar-refractivity contribution >= 4 is 5.91 Å². The third-order valence-corrected chi connectivity index (χ3v) is 5.56. The van der Waals surface area contributed by atoms with E-state index >= 15 is 0 Å². The zero-order valence-electron chi connectivity index (χ0n) is 15.2. The summed E-state index contributed by atoms with van der Waals surface area (Å²) >= 11 is 0. The maximum Gasteiger partial charge on any atom is 0.275 e. The molecule has 1 saturated heterocycles. The summed E-state index contributed by atoms with van der Waals surface area (Å²) < 4.78 is 0. The van der Waals surface area contributed by atoms with Crippen LogP contribution in [0.25, 0.3) is 0 Å². The van der Waals surface area contributed by atoms with Crippen molar-refractivity contribution in [2.45, 2.75) is 57.5 Å². The maximum absolute atomic E-state index is 13.5. The van der Waals surface area contributed by atoms with Crippen LogP contribution in [0.3, 0.4) is 0 Å². The number of H-pyrrole nitrogens is 1. The van der Waals surface area contributed by atoms with Crippen molar-refractivity contribution in [3.05, 3.63) is 47.0 Å². The van der Waals surface area contributed by atoms with Gasteiger partial charge in [-0.05, 0) is 70.2 Å². The highest BCUT2D eigenvalue weighted by molar-refractivity contribution is 5.94. The number of carbonyl (C=O) groups is 1. The minimum Gasteiger partial charge on any atom is -0.328 e. The van der Waals surface area contributed by atoms with Gasteiger partial charge in [0.1, 0.15) is 0 Å². The lowest BCUT2D eigenvalue weighted by Crippen LogP contribution is -2.41. The van der Waals surface area contributed by atoms with Crippen molar-refractivity contribution in [1.82, 2.24) is 25.4 Å². The van der Waals surface area contributed by atoms with E-state index in [9.17, 15) is 4.79 Å². The predicted octanol–water partition coefficient (Wildman–Crippen LogP) is 2.47. The molecular weight excluding hydrogens is 326 g/mol. The van der Waals surface area contributed by atoms with E-state index in [0.29, 0.717) is 12.2 Å². The normalized spacial score (nSPS) is 20.2. The molecule has 4 rings (SSSR count). The van der Waals surface area contributed by atoms with Gasteiger partial charge in [-0.3, -0.25) is 14.9 Å². The molecule has 2 aromatic heterocycles. The van der Waals surface area contributed by atoms with Crippen LogP contribution in [-0.4, -0.2) is 45.1 Å². The third kappa shape index (κ3) is 3.65. The van der Waals surface area contributed by atoms with Gasteiger partial charge < -0.3 is 10.2 Å². The van der Waals surface area contributed by atoms with Gasteiger partial charge >= 0.3 is 0 Å². The SMILES string of the molecule is O=C(c1n[nH]c2c1CCCC2)N(Cc1ccccn1)C1CCCNCC1. The second kappa shape index (κ2) is 7.99. The molecule has 0 radical (unpaired) electrons. The smallest absolute Gasteiger partial charge is 0.275 e. The van der Waals surface area contributed by atoms with Crippen molar-refractivity contribution in [1.29, 1.82) is 0 Å². The number of amides is 1. The molecule has 2 aliphatic rings. The molecular formula is C20H27N5O. The molecule has 0 aromatic carbocycles. The number of nitrogens with zero attached hydrogens (tertiary/aromatic N) is 3. The Morgan fingerprint density at radius 2 is 2.08 bits per heavy atom. The fourth-order valence-electron chi connectivity index (χ4n) is 4.14. The topological polar surface area (TPSA) is 73.9 Å². The maximum atomic E-state index is 13.5. The summed E-state index contributed by atoms with van der Waals surface area (Å²) in [5, 5.41) is 11.0. The van der Waals surface area contributed by atoms with E-state index < -0.39 is 0 Å². The van der Waals surface area contributed by atoms with Gasteiger partial charge in [0.25, 0.3) is 5.91 Å². The number of hydrogen-bond acceptors (Lipinski definition) is 4. The molecule has 1 fully saturated rings. The van der Waals surface area contributed by atoms with Crippen molar-refractivity contribution < 1.29 is 4.79 Å². The second-order valence-corrected chi connectivity index (χ2v) is 7.33. The van der Waals surface area contributed by atoms with Crippen LogP contribution in [0.4, 0.5) is 0 Å². The standard InChI is InChI=1S/C20H27N5O/c26-20(19-17-8-1-2-9-18(17)23-24-19)25(14-15-6-3-4-12-22-15)16-7-5-11-21-13-10-16/h3-4,6,12,16,21H,1-2,5,7-11,13-14H2,(H,23,24). The molecule has 6 nitrogen and oxygen atoms in total. The number of aryl methyl sites for hydroxylation is 1. The minimum absolute atomic E-state index is 0.0574. The van der Waals surface area contributed by atoms with E-state index in [4.69, 9.17) is 0 Å². The largest absolute Gasteiger partial charge is 0.328 e. The molecule has 1 aliphatic heterocycles. The molecule has 1 amide bonds. The quantitative estimate of drug-likeness (QED) is 0.885. The summed E-state index contributed by atoms with van der Waals surface area (Å²) in [6, 6.07) is 6.12. The first-order valence-electron chi connectivity index (χ1n) is 9.80. The zero-order chi connectivity index (χ0) is 17.8. The van der Waals surface area contributed by atoms with Gasteiger partial charge in [-0.25, -0.2) is 0 Å². The molecule has 3 heterocycles. The first-order chi connectivity index (χ1) is 12.8. The lowest BCUT2D eigenvalue weighted by Gasteiger charge is -2.31. The molecule has 2 aromatic rings. The van der Waals surface area contributed by atoms with Gasteiger partial charge in [-0.2, -0.15) is 5.10 Å². The Bertz CT molecular complexity index is 734. The first-order valence-corrected chi connectivity index (χ1v) is 9.80. The van der Waals surface area contributed by atoms with Crippen LogP contribution < -0.4 is 5.32 Å². The van der Waals surface area contributed by atoms with Crippen molar-refractivity contribution in [3.63, 3.8) is 0 Å². The average Bonchev–Trinajstić information content (AvgIpc) is 2.93. The molecule has 0 saturated carbocycles. The highest BCUT2D eigenvalue weighted by atomic mass is 16.2. The number of hydrogen-bond donors (Lipinski definition) is 2. The Kier molecular flexibility index (Phi) is 5.29. The van der Waals surface area contributed by atoms with Crippen LogP contribution in [0, 0.1) is 0 Å². The minimum atomic E-state index is 0.0574. The van der Waals surface area contributed by atoms with E-state index in [1.165, 1.54) is 6.42 Å². The first kappa shape index (κ1) is 17.2. The number of aromatic nitrogens is 3. The molecule has 2 N–H and O–H groups in total. The highest BCUT2D eigenvalue weighted by Gasteiger charge is 2.30. The lowest BCUT2D eigenvalue weighted by molar-refractivity contribution is 0.0635. The summed E-state index contributed by atoms with van der Waals surface area (Å²) in [4.78, 5) is 20.0. The van der Waals surface area contributed by atoms with Crippen LogP contribution in [0.1, 0.15) is 59.5 Å². The van der Waals surface area contributed by atoms with Crippen molar-refractivity contribution in [3.8, 4) is 0 Å². The molecule has 6 heteroatoms. The third-order valence-electron chi connectivity index (χ3n) is 5.56. The Labute approximate surface area is 154 Å². The van der Waals surface area contributed by atoms with Crippen LogP contribution >= 0.6 is 0 Å².